The van der Waals surface area contributed by atoms with Crippen molar-refractivity contribution in [2.24, 2.45) is 0 Å². The van der Waals surface area contributed by atoms with Crippen LogP contribution in [0.15, 0.2) is 29.0 Å². The maximum Gasteiger partial charge on any atom is 0.139 e. The van der Waals surface area contributed by atoms with Crippen molar-refractivity contribution >= 4 is 22.7 Å². The van der Waals surface area contributed by atoms with Gasteiger partial charge in [-0.25, -0.2) is 0 Å². The van der Waals surface area contributed by atoms with E-state index in [2.05, 4.69) is 16.8 Å². The largest absolute Gasteiger partial charge is 0.487 e. The summed E-state index contributed by atoms with van der Waals surface area (Å²) in [6.07, 6.45) is 0. The fourth-order valence-electron chi connectivity index (χ4n) is 0.843. The average Bonchev–Trinajstić information content (AvgIpc) is 2.74. The third-order valence-electron chi connectivity index (χ3n) is 1.40. The lowest BCUT2D eigenvalue weighted by Gasteiger charge is -1.99. The Morgan fingerprint density at radius 3 is 3.00 bits per heavy atom. The zero-order valence-corrected chi connectivity index (χ0v) is 7.95. The lowest BCUT2D eigenvalue weighted by atomic mass is 10.5. The van der Waals surface area contributed by atoms with Crippen molar-refractivity contribution in [3.8, 4) is 5.75 Å². The van der Waals surface area contributed by atoms with Crippen LogP contribution in [0.5, 0.6) is 5.75 Å². The molecule has 0 N–H and O–H groups in total. The molecule has 0 aliphatic carbocycles. The summed E-state index contributed by atoms with van der Waals surface area (Å²) in [5, 5.41) is 7.04. The monoisotopic (exact) mass is 195 g/mol. The van der Waals surface area contributed by atoms with E-state index in [0.29, 0.717) is 6.61 Å². The molecule has 3 heteroatoms. The highest BCUT2D eigenvalue weighted by Gasteiger charge is 1.95. The molecule has 0 atom stereocenters. The number of rotatable bonds is 3. The van der Waals surface area contributed by atoms with E-state index in [4.69, 9.17) is 4.74 Å². The summed E-state index contributed by atoms with van der Waals surface area (Å²) in [5.74, 6) is 0.841. The molecule has 0 aliphatic rings. The van der Waals surface area contributed by atoms with Crippen LogP contribution in [0.4, 0.5) is 0 Å². The second kappa shape index (κ2) is 3.74. The molecule has 0 unspecified atom stereocenters. The third kappa shape index (κ3) is 1.87. The van der Waals surface area contributed by atoms with E-state index in [-0.39, 0.29) is 0 Å². The van der Waals surface area contributed by atoms with Crippen LogP contribution in [0.2, 0.25) is 0 Å². The van der Waals surface area contributed by atoms with Crippen molar-refractivity contribution in [3.05, 3.63) is 39.2 Å². The van der Waals surface area contributed by atoms with E-state index in [9.17, 15) is 0 Å². The minimum absolute atomic E-state index is 0.658. The van der Waals surface area contributed by atoms with E-state index < -0.39 is 0 Å². The standard InChI is InChI=1S/C9H7OS2/c1-2-9(12-4-1)6-10-8-3-5-11-7-8/h1-5H,6H2. The Hall–Kier alpha value is -0.800. The van der Waals surface area contributed by atoms with Gasteiger partial charge in [-0.3, -0.25) is 0 Å². The number of hydrogen-bond acceptors (Lipinski definition) is 3. The minimum Gasteiger partial charge on any atom is -0.487 e. The van der Waals surface area contributed by atoms with Crippen LogP contribution in [-0.4, -0.2) is 0 Å². The number of hydrogen-bond donors (Lipinski definition) is 0. The fraction of sp³-hybridized carbons (Fsp3) is 0.111. The average molecular weight is 195 g/mol. The Morgan fingerprint density at radius 2 is 2.33 bits per heavy atom. The van der Waals surface area contributed by atoms with Gasteiger partial charge in [-0.15, -0.1) is 22.7 Å². The molecule has 2 aromatic heterocycles. The van der Waals surface area contributed by atoms with Crippen LogP contribution in [0.3, 0.4) is 0 Å². The Bertz CT molecular complexity index is 276. The Balaban J connectivity index is 1.91. The number of ether oxygens (including phenoxy) is 1. The van der Waals surface area contributed by atoms with Crippen molar-refractivity contribution in [1.29, 1.82) is 0 Å². The van der Waals surface area contributed by atoms with Gasteiger partial charge in [0.05, 0.1) is 5.38 Å². The summed E-state index contributed by atoms with van der Waals surface area (Å²) in [7, 11) is 0. The molecular formula is C9H7OS2. The molecule has 0 aromatic carbocycles. The molecule has 1 nitrogen and oxygen atoms in total. The second-order valence-corrected chi connectivity index (χ2v) is 4.00. The molecule has 0 bridgehead atoms. The highest BCUT2D eigenvalue weighted by atomic mass is 32.1. The lowest BCUT2D eigenvalue weighted by Crippen LogP contribution is -1.90. The van der Waals surface area contributed by atoms with Gasteiger partial charge < -0.3 is 4.74 Å². The summed E-state index contributed by atoms with van der Waals surface area (Å²) >= 11 is 3.24. The van der Waals surface area contributed by atoms with Gasteiger partial charge in [0.2, 0.25) is 0 Å². The minimum atomic E-state index is 0.658. The first-order chi connectivity index (χ1) is 5.95. The smallest absolute Gasteiger partial charge is 0.139 e. The molecule has 0 saturated carbocycles. The van der Waals surface area contributed by atoms with E-state index in [1.54, 1.807) is 11.3 Å². The van der Waals surface area contributed by atoms with Crippen molar-refractivity contribution < 1.29 is 4.74 Å². The normalized spacial score (nSPS) is 10.0. The first-order valence-electron chi connectivity index (χ1n) is 3.55. The molecule has 61 valence electrons. The molecule has 2 heterocycles. The van der Waals surface area contributed by atoms with Gasteiger partial charge in [0.15, 0.2) is 0 Å². The van der Waals surface area contributed by atoms with Gasteiger partial charge in [0.1, 0.15) is 12.4 Å². The zero-order valence-electron chi connectivity index (χ0n) is 6.32. The quantitative estimate of drug-likeness (QED) is 0.731. The molecule has 2 aromatic rings. The summed E-state index contributed by atoms with van der Waals surface area (Å²) in [6, 6.07) is 6.02. The Labute approximate surface area is 79.2 Å². The van der Waals surface area contributed by atoms with Crippen LogP contribution in [0, 0.1) is 5.38 Å². The molecule has 1 radical (unpaired) electrons. The molecule has 0 amide bonds. The maximum absolute atomic E-state index is 5.46. The molecule has 0 spiro atoms. The van der Waals surface area contributed by atoms with E-state index in [0.717, 1.165) is 5.75 Å². The van der Waals surface area contributed by atoms with Crippen LogP contribution in [0.1, 0.15) is 4.88 Å². The van der Waals surface area contributed by atoms with Crippen LogP contribution < -0.4 is 4.74 Å². The van der Waals surface area contributed by atoms with Gasteiger partial charge in [0, 0.05) is 4.88 Å². The van der Waals surface area contributed by atoms with E-state index >= 15 is 0 Å². The third-order valence-corrected chi connectivity index (χ3v) is 2.84. The van der Waals surface area contributed by atoms with Crippen molar-refractivity contribution in [3.63, 3.8) is 0 Å². The van der Waals surface area contributed by atoms with Crippen LogP contribution in [0.25, 0.3) is 0 Å². The van der Waals surface area contributed by atoms with Crippen molar-refractivity contribution in [2.75, 3.05) is 0 Å². The molecule has 0 saturated heterocycles. The molecule has 0 aliphatic heterocycles. The summed E-state index contributed by atoms with van der Waals surface area (Å²) in [6.45, 7) is 0.658. The summed E-state index contributed by atoms with van der Waals surface area (Å²) in [5.41, 5.74) is 0. The second-order valence-electron chi connectivity index (χ2n) is 2.25. The molecule has 12 heavy (non-hydrogen) atoms. The Kier molecular flexibility index (Phi) is 2.44. The first kappa shape index (κ1) is 7.83. The predicted octanol–water partition coefficient (Wildman–Crippen LogP) is 3.19. The van der Waals surface area contributed by atoms with Gasteiger partial charge >= 0.3 is 0 Å². The van der Waals surface area contributed by atoms with E-state index in [1.165, 1.54) is 16.2 Å². The summed E-state index contributed by atoms with van der Waals surface area (Å²) in [4.78, 5) is 1.25. The predicted molar refractivity (Wildman–Crippen MR) is 51.8 cm³/mol. The Morgan fingerprint density at radius 1 is 1.33 bits per heavy atom. The van der Waals surface area contributed by atoms with Gasteiger partial charge in [-0.05, 0) is 22.9 Å². The maximum atomic E-state index is 5.46. The topological polar surface area (TPSA) is 9.23 Å². The first-order valence-corrected chi connectivity index (χ1v) is 5.31. The van der Waals surface area contributed by atoms with Gasteiger partial charge in [0.25, 0.3) is 0 Å². The highest BCUT2D eigenvalue weighted by Crippen LogP contribution is 2.17. The van der Waals surface area contributed by atoms with E-state index in [1.807, 2.05) is 17.5 Å². The fourth-order valence-corrected chi connectivity index (χ4v) is 1.96. The van der Waals surface area contributed by atoms with Crippen LogP contribution >= 0.6 is 22.7 Å². The highest BCUT2D eigenvalue weighted by molar-refractivity contribution is 7.09. The molecule has 2 rings (SSSR count). The molecule has 0 fully saturated rings. The van der Waals surface area contributed by atoms with Crippen LogP contribution in [-0.2, 0) is 6.61 Å². The van der Waals surface area contributed by atoms with Crippen molar-refractivity contribution in [1.82, 2.24) is 0 Å². The summed E-state index contributed by atoms with van der Waals surface area (Å²) < 4.78 is 5.46. The molecular weight excluding hydrogens is 188 g/mol. The van der Waals surface area contributed by atoms with Gasteiger partial charge in [-0.1, -0.05) is 6.07 Å². The van der Waals surface area contributed by atoms with Crippen molar-refractivity contribution in [2.45, 2.75) is 6.61 Å². The number of thiophene rings is 2. The lowest BCUT2D eigenvalue weighted by molar-refractivity contribution is 0.310. The SMILES string of the molecule is [c]1sccc1OCc1cccs1. The zero-order chi connectivity index (χ0) is 8.23. The van der Waals surface area contributed by atoms with Gasteiger partial charge in [-0.2, -0.15) is 0 Å².